The number of methoxy groups -OCH3 is 1. The maximum absolute atomic E-state index is 13.8. The number of nitrogens with zero attached hydrogens (tertiary/aromatic N) is 3. The van der Waals surface area contributed by atoms with E-state index in [1.807, 2.05) is 11.8 Å². The molecule has 1 fully saturated rings. The lowest BCUT2D eigenvalue weighted by molar-refractivity contribution is 0.387. The molecule has 3 rings (SSSR count). The topological polar surface area (TPSA) is 38.2 Å². The zero-order valence-corrected chi connectivity index (χ0v) is 13.0. The van der Waals surface area contributed by atoms with Crippen LogP contribution >= 0.6 is 11.8 Å². The van der Waals surface area contributed by atoms with Crippen LogP contribution in [0.1, 0.15) is 13.3 Å². The van der Waals surface area contributed by atoms with E-state index in [0.29, 0.717) is 11.6 Å². The molecule has 1 aromatic carbocycles. The van der Waals surface area contributed by atoms with Crippen molar-refractivity contribution in [1.29, 1.82) is 0 Å². The van der Waals surface area contributed by atoms with Gasteiger partial charge in [-0.25, -0.2) is 14.4 Å². The predicted octanol–water partition coefficient (Wildman–Crippen LogP) is 3.11. The molecule has 0 spiro atoms. The van der Waals surface area contributed by atoms with Crippen molar-refractivity contribution in [3.63, 3.8) is 0 Å². The lowest BCUT2D eigenvalue weighted by atomic mass is 10.1. The van der Waals surface area contributed by atoms with E-state index in [2.05, 4.69) is 21.8 Å². The van der Waals surface area contributed by atoms with Crippen LogP contribution in [0.5, 0.6) is 5.75 Å². The first-order chi connectivity index (χ1) is 10.2. The van der Waals surface area contributed by atoms with E-state index in [9.17, 15) is 4.39 Å². The normalized spacial score (nSPS) is 19.6. The van der Waals surface area contributed by atoms with E-state index >= 15 is 0 Å². The van der Waals surface area contributed by atoms with Crippen molar-refractivity contribution in [3.8, 4) is 5.75 Å². The highest BCUT2D eigenvalue weighted by molar-refractivity contribution is 7.99. The molecule has 2 aromatic rings. The Morgan fingerprint density at radius 3 is 3.00 bits per heavy atom. The number of rotatable bonds is 2. The molecule has 1 unspecified atom stereocenters. The molecule has 0 N–H and O–H groups in total. The first kappa shape index (κ1) is 14.4. The van der Waals surface area contributed by atoms with Gasteiger partial charge in [0.25, 0.3) is 0 Å². The van der Waals surface area contributed by atoms with Gasteiger partial charge >= 0.3 is 0 Å². The Morgan fingerprint density at radius 2 is 2.19 bits per heavy atom. The molecule has 1 saturated heterocycles. The molecule has 0 aliphatic carbocycles. The third-order valence-corrected chi connectivity index (χ3v) is 4.84. The zero-order chi connectivity index (χ0) is 14.8. The second-order valence-electron chi connectivity index (χ2n) is 5.14. The first-order valence-corrected chi connectivity index (χ1v) is 8.19. The lowest BCUT2D eigenvalue weighted by Gasteiger charge is -2.28. The van der Waals surface area contributed by atoms with Crippen LogP contribution in [0.25, 0.3) is 10.9 Å². The number of hydrogen-bond donors (Lipinski definition) is 0. The fraction of sp³-hybridized carbons (Fsp3) is 0.467. The summed E-state index contributed by atoms with van der Waals surface area (Å²) in [6.07, 6.45) is 2.63. The van der Waals surface area contributed by atoms with Crippen molar-refractivity contribution >= 4 is 28.5 Å². The van der Waals surface area contributed by atoms with Crippen molar-refractivity contribution in [2.45, 2.75) is 19.4 Å². The molecule has 2 heterocycles. The Morgan fingerprint density at radius 1 is 1.33 bits per heavy atom. The van der Waals surface area contributed by atoms with Crippen LogP contribution in [0.4, 0.5) is 10.2 Å². The number of anilines is 1. The summed E-state index contributed by atoms with van der Waals surface area (Å²) in [7, 11) is 1.47. The van der Waals surface area contributed by atoms with Crippen molar-refractivity contribution in [1.82, 2.24) is 9.97 Å². The number of ether oxygens (including phenoxy) is 1. The van der Waals surface area contributed by atoms with Gasteiger partial charge in [-0.1, -0.05) is 0 Å². The summed E-state index contributed by atoms with van der Waals surface area (Å²) in [5.41, 5.74) is 0.613. The Labute approximate surface area is 127 Å². The summed E-state index contributed by atoms with van der Waals surface area (Å²) in [4.78, 5) is 10.9. The molecule has 21 heavy (non-hydrogen) atoms. The van der Waals surface area contributed by atoms with Crippen LogP contribution in [-0.2, 0) is 0 Å². The van der Waals surface area contributed by atoms with Gasteiger partial charge in [0.2, 0.25) is 0 Å². The number of thioether (sulfide) groups is 1. The van der Waals surface area contributed by atoms with Gasteiger partial charge in [-0.3, -0.25) is 0 Å². The highest BCUT2D eigenvalue weighted by Crippen LogP contribution is 2.31. The van der Waals surface area contributed by atoms with Gasteiger partial charge in [0, 0.05) is 29.8 Å². The van der Waals surface area contributed by atoms with E-state index < -0.39 is 5.82 Å². The summed E-state index contributed by atoms with van der Waals surface area (Å²) < 4.78 is 18.9. The summed E-state index contributed by atoms with van der Waals surface area (Å²) in [5.74, 6) is 2.95. The first-order valence-electron chi connectivity index (χ1n) is 7.03. The second-order valence-corrected chi connectivity index (χ2v) is 6.37. The Bertz CT molecular complexity index is 652. The van der Waals surface area contributed by atoms with Gasteiger partial charge in [0.05, 0.1) is 12.6 Å². The third-order valence-electron chi connectivity index (χ3n) is 3.85. The number of benzene rings is 1. The zero-order valence-electron chi connectivity index (χ0n) is 12.2. The Balaban J connectivity index is 2.12. The van der Waals surface area contributed by atoms with Crippen molar-refractivity contribution in [2.75, 3.05) is 30.1 Å². The molecule has 1 aliphatic rings. The van der Waals surface area contributed by atoms with Crippen LogP contribution < -0.4 is 9.64 Å². The van der Waals surface area contributed by atoms with Crippen LogP contribution in [-0.4, -0.2) is 41.2 Å². The minimum Gasteiger partial charge on any atom is -0.494 e. The monoisotopic (exact) mass is 307 g/mol. The molecule has 112 valence electrons. The fourth-order valence-corrected chi connectivity index (χ4v) is 3.68. The molecule has 0 amide bonds. The van der Waals surface area contributed by atoms with Crippen LogP contribution in [0.15, 0.2) is 18.5 Å². The molecule has 0 saturated carbocycles. The van der Waals surface area contributed by atoms with E-state index in [-0.39, 0.29) is 5.75 Å². The quantitative estimate of drug-likeness (QED) is 0.852. The van der Waals surface area contributed by atoms with Gasteiger partial charge in [-0.05, 0) is 25.2 Å². The van der Waals surface area contributed by atoms with Crippen molar-refractivity contribution in [3.05, 3.63) is 24.3 Å². The predicted molar refractivity (Wildman–Crippen MR) is 84.8 cm³/mol. The molecule has 1 aromatic heterocycles. The molecule has 1 aliphatic heterocycles. The van der Waals surface area contributed by atoms with Gasteiger partial charge in [0.1, 0.15) is 12.1 Å². The number of hydrogen-bond acceptors (Lipinski definition) is 5. The van der Waals surface area contributed by atoms with Crippen molar-refractivity contribution < 1.29 is 9.13 Å². The second kappa shape index (κ2) is 6.05. The van der Waals surface area contributed by atoms with Gasteiger partial charge < -0.3 is 9.64 Å². The SMILES string of the molecule is COc1cc2c(N3CCSCCC3C)ncnc2cc1F. The maximum atomic E-state index is 13.8. The number of aromatic nitrogens is 2. The minimum absolute atomic E-state index is 0.232. The largest absolute Gasteiger partial charge is 0.494 e. The molecule has 0 radical (unpaired) electrons. The Kier molecular flexibility index (Phi) is 4.14. The van der Waals surface area contributed by atoms with E-state index in [0.717, 1.165) is 29.9 Å². The molecule has 0 bridgehead atoms. The summed E-state index contributed by atoms with van der Waals surface area (Å²) >= 11 is 1.96. The standard InChI is InChI=1S/C15H18FN3OS/c1-10-3-5-21-6-4-19(10)15-11-7-14(20-2)12(16)8-13(11)17-9-18-15/h7-10H,3-6H2,1-2H3. The number of fused-ring (bicyclic) bond motifs is 1. The van der Waals surface area contributed by atoms with Gasteiger partial charge in [0.15, 0.2) is 11.6 Å². The summed E-state index contributed by atoms with van der Waals surface area (Å²) in [6.45, 7) is 3.15. The van der Waals surface area contributed by atoms with E-state index in [4.69, 9.17) is 4.74 Å². The molecule has 1 atom stereocenters. The summed E-state index contributed by atoms with van der Waals surface area (Å²) in [6, 6.07) is 3.52. The van der Waals surface area contributed by atoms with Crippen molar-refractivity contribution in [2.24, 2.45) is 0 Å². The third kappa shape index (κ3) is 2.77. The summed E-state index contributed by atoms with van der Waals surface area (Å²) in [5, 5.41) is 0.842. The van der Waals surface area contributed by atoms with Gasteiger partial charge in [-0.2, -0.15) is 11.8 Å². The van der Waals surface area contributed by atoms with Crippen LogP contribution in [0.2, 0.25) is 0 Å². The molecule has 4 nitrogen and oxygen atoms in total. The highest BCUT2D eigenvalue weighted by Gasteiger charge is 2.21. The Hall–Kier alpha value is -1.56. The average molecular weight is 307 g/mol. The maximum Gasteiger partial charge on any atom is 0.167 e. The lowest BCUT2D eigenvalue weighted by Crippen LogP contribution is -2.34. The van der Waals surface area contributed by atoms with E-state index in [1.165, 1.54) is 25.3 Å². The molecular formula is C15H18FN3OS. The average Bonchev–Trinajstić information content (AvgIpc) is 2.70. The van der Waals surface area contributed by atoms with Gasteiger partial charge in [-0.15, -0.1) is 0 Å². The fourth-order valence-electron chi connectivity index (χ4n) is 2.64. The molecular weight excluding hydrogens is 289 g/mol. The number of halogens is 1. The minimum atomic E-state index is -0.394. The smallest absolute Gasteiger partial charge is 0.167 e. The molecule has 6 heteroatoms. The van der Waals surface area contributed by atoms with E-state index in [1.54, 1.807) is 6.07 Å². The highest BCUT2D eigenvalue weighted by atomic mass is 32.2. The van der Waals surface area contributed by atoms with Crippen LogP contribution in [0, 0.1) is 5.82 Å². The van der Waals surface area contributed by atoms with Crippen LogP contribution in [0.3, 0.4) is 0 Å².